The van der Waals surface area contributed by atoms with Crippen LogP contribution >= 0.6 is 0 Å². The SMILES string of the molecule is CC(=O)NC(Cc1ccc(OCC(=O)O)cc1)C(=O)O. The van der Waals surface area contributed by atoms with Crippen molar-refractivity contribution in [1.82, 2.24) is 5.32 Å². The third-order valence-corrected chi connectivity index (χ3v) is 2.40. The maximum Gasteiger partial charge on any atom is 0.341 e. The van der Waals surface area contributed by atoms with Gasteiger partial charge in [-0.25, -0.2) is 9.59 Å². The van der Waals surface area contributed by atoms with Crippen LogP contribution in [0.25, 0.3) is 0 Å². The van der Waals surface area contributed by atoms with E-state index in [0.717, 1.165) is 0 Å². The highest BCUT2D eigenvalue weighted by molar-refractivity contribution is 5.82. The van der Waals surface area contributed by atoms with Crippen molar-refractivity contribution in [3.8, 4) is 5.75 Å². The normalized spacial score (nSPS) is 11.4. The molecule has 0 heterocycles. The molecule has 0 aliphatic heterocycles. The van der Waals surface area contributed by atoms with Gasteiger partial charge in [-0.05, 0) is 17.7 Å². The van der Waals surface area contributed by atoms with Gasteiger partial charge < -0.3 is 20.3 Å². The molecule has 0 bridgehead atoms. The van der Waals surface area contributed by atoms with Crippen LogP contribution in [0.2, 0.25) is 0 Å². The van der Waals surface area contributed by atoms with Crippen molar-refractivity contribution in [2.45, 2.75) is 19.4 Å². The molecule has 1 atom stereocenters. The molecule has 0 aromatic heterocycles. The van der Waals surface area contributed by atoms with Gasteiger partial charge in [0.25, 0.3) is 0 Å². The Hall–Kier alpha value is -2.57. The molecule has 0 radical (unpaired) electrons. The van der Waals surface area contributed by atoms with Crippen LogP contribution in [0.4, 0.5) is 0 Å². The maximum atomic E-state index is 11.0. The zero-order valence-corrected chi connectivity index (χ0v) is 10.8. The second kappa shape index (κ2) is 7.13. The quantitative estimate of drug-likeness (QED) is 0.661. The Kier molecular flexibility index (Phi) is 5.52. The van der Waals surface area contributed by atoms with E-state index in [0.29, 0.717) is 11.3 Å². The van der Waals surface area contributed by atoms with E-state index in [1.54, 1.807) is 24.3 Å². The number of nitrogens with one attached hydrogen (secondary N) is 1. The Morgan fingerprint density at radius 1 is 1.20 bits per heavy atom. The van der Waals surface area contributed by atoms with E-state index in [1.165, 1.54) is 6.92 Å². The van der Waals surface area contributed by atoms with Gasteiger partial charge in [0.05, 0.1) is 0 Å². The summed E-state index contributed by atoms with van der Waals surface area (Å²) in [6.07, 6.45) is 0.133. The third-order valence-electron chi connectivity index (χ3n) is 2.40. The topological polar surface area (TPSA) is 113 Å². The first-order valence-corrected chi connectivity index (χ1v) is 5.82. The fourth-order valence-electron chi connectivity index (χ4n) is 1.55. The predicted octanol–water partition coefficient (Wildman–Crippen LogP) is 0.282. The molecule has 0 fully saturated rings. The van der Waals surface area contributed by atoms with Crippen molar-refractivity contribution >= 4 is 17.8 Å². The van der Waals surface area contributed by atoms with Crippen LogP contribution in [0.15, 0.2) is 24.3 Å². The Balaban J connectivity index is 2.65. The second-order valence-electron chi connectivity index (χ2n) is 4.12. The minimum atomic E-state index is -1.12. The van der Waals surface area contributed by atoms with Gasteiger partial charge in [-0.2, -0.15) is 0 Å². The lowest BCUT2D eigenvalue weighted by atomic mass is 10.1. The van der Waals surface area contributed by atoms with E-state index in [-0.39, 0.29) is 6.42 Å². The first-order chi connectivity index (χ1) is 9.38. The van der Waals surface area contributed by atoms with Crippen LogP contribution < -0.4 is 10.1 Å². The van der Waals surface area contributed by atoms with Crippen LogP contribution in [-0.2, 0) is 20.8 Å². The third kappa shape index (κ3) is 5.38. The number of carbonyl (C=O) groups is 3. The van der Waals surface area contributed by atoms with Crippen molar-refractivity contribution in [1.29, 1.82) is 0 Å². The summed E-state index contributed by atoms with van der Waals surface area (Å²) in [5, 5.41) is 19.8. The molecule has 3 N–H and O–H groups in total. The number of amides is 1. The van der Waals surface area contributed by atoms with Gasteiger partial charge in [-0.1, -0.05) is 12.1 Å². The molecule has 1 aromatic rings. The van der Waals surface area contributed by atoms with E-state index in [2.05, 4.69) is 5.32 Å². The fourth-order valence-corrected chi connectivity index (χ4v) is 1.55. The van der Waals surface area contributed by atoms with Gasteiger partial charge in [0.1, 0.15) is 11.8 Å². The number of rotatable bonds is 7. The lowest BCUT2D eigenvalue weighted by Gasteiger charge is -2.13. The van der Waals surface area contributed by atoms with E-state index >= 15 is 0 Å². The molecule has 1 unspecified atom stereocenters. The molecule has 0 saturated heterocycles. The highest BCUT2D eigenvalue weighted by atomic mass is 16.5. The van der Waals surface area contributed by atoms with Gasteiger partial charge in [0.15, 0.2) is 6.61 Å². The number of ether oxygens (including phenoxy) is 1. The smallest absolute Gasteiger partial charge is 0.341 e. The van der Waals surface area contributed by atoms with Gasteiger partial charge in [0, 0.05) is 13.3 Å². The van der Waals surface area contributed by atoms with Gasteiger partial charge >= 0.3 is 11.9 Å². The largest absolute Gasteiger partial charge is 0.482 e. The lowest BCUT2D eigenvalue weighted by molar-refractivity contribution is -0.141. The number of carboxylic acid groups (broad SMARTS) is 2. The molecular weight excluding hydrogens is 266 g/mol. The number of benzene rings is 1. The Morgan fingerprint density at radius 3 is 2.25 bits per heavy atom. The summed E-state index contributed by atoms with van der Waals surface area (Å²) in [5.41, 5.74) is 0.689. The number of aliphatic carboxylic acids is 2. The van der Waals surface area contributed by atoms with Crippen LogP contribution in [0, 0.1) is 0 Å². The number of carboxylic acids is 2. The Bertz CT molecular complexity index is 496. The monoisotopic (exact) mass is 281 g/mol. The molecular formula is C13H15NO6. The van der Waals surface area contributed by atoms with E-state index in [9.17, 15) is 14.4 Å². The fraction of sp³-hybridized carbons (Fsp3) is 0.308. The second-order valence-corrected chi connectivity index (χ2v) is 4.12. The van der Waals surface area contributed by atoms with Crippen molar-refractivity contribution in [3.63, 3.8) is 0 Å². The lowest BCUT2D eigenvalue weighted by Crippen LogP contribution is -2.41. The first kappa shape index (κ1) is 15.5. The maximum absolute atomic E-state index is 11.0. The average molecular weight is 281 g/mol. The number of carbonyl (C=O) groups excluding carboxylic acids is 1. The molecule has 1 amide bonds. The standard InChI is InChI=1S/C13H15NO6/c1-8(15)14-11(13(18)19)6-9-2-4-10(5-3-9)20-7-12(16)17/h2-5,11H,6-7H2,1H3,(H,14,15)(H,16,17)(H,18,19). The van der Waals surface area contributed by atoms with Crippen LogP contribution in [0.1, 0.15) is 12.5 Å². The van der Waals surface area contributed by atoms with Gasteiger partial charge in [0.2, 0.25) is 5.91 Å². The van der Waals surface area contributed by atoms with Crippen LogP contribution in [0.3, 0.4) is 0 Å². The summed E-state index contributed by atoms with van der Waals surface area (Å²) >= 11 is 0. The molecule has 108 valence electrons. The molecule has 1 aromatic carbocycles. The Labute approximate surface area is 115 Å². The summed E-state index contributed by atoms with van der Waals surface area (Å²) in [4.78, 5) is 32.2. The summed E-state index contributed by atoms with van der Waals surface area (Å²) in [6, 6.07) is 5.33. The summed E-state index contributed by atoms with van der Waals surface area (Å²) in [6.45, 7) is 0.807. The summed E-state index contributed by atoms with van der Waals surface area (Å²) < 4.78 is 4.95. The van der Waals surface area contributed by atoms with Crippen LogP contribution in [-0.4, -0.2) is 40.7 Å². The van der Waals surface area contributed by atoms with Crippen LogP contribution in [0.5, 0.6) is 5.75 Å². The molecule has 20 heavy (non-hydrogen) atoms. The van der Waals surface area contributed by atoms with Crippen molar-refractivity contribution in [2.24, 2.45) is 0 Å². The molecule has 7 nitrogen and oxygen atoms in total. The van der Waals surface area contributed by atoms with Gasteiger partial charge in [-0.15, -0.1) is 0 Å². The zero-order valence-electron chi connectivity index (χ0n) is 10.8. The first-order valence-electron chi connectivity index (χ1n) is 5.82. The average Bonchev–Trinajstić information content (AvgIpc) is 2.36. The summed E-state index contributed by atoms with van der Waals surface area (Å²) in [7, 11) is 0. The minimum Gasteiger partial charge on any atom is -0.482 e. The predicted molar refractivity (Wildman–Crippen MR) is 68.5 cm³/mol. The molecule has 1 rings (SSSR count). The molecule has 7 heteroatoms. The molecule has 0 spiro atoms. The molecule has 0 aliphatic carbocycles. The van der Waals surface area contributed by atoms with Crippen molar-refractivity contribution in [2.75, 3.05) is 6.61 Å². The van der Waals surface area contributed by atoms with Crippen molar-refractivity contribution in [3.05, 3.63) is 29.8 Å². The van der Waals surface area contributed by atoms with E-state index in [1.807, 2.05) is 0 Å². The summed E-state index contributed by atoms with van der Waals surface area (Å²) in [5.74, 6) is -2.24. The Morgan fingerprint density at radius 2 is 1.80 bits per heavy atom. The van der Waals surface area contributed by atoms with E-state index in [4.69, 9.17) is 14.9 Å². The zero-order chi connectivity index (χ0) is 15.1. The molecule has 0 aliphatic rings. The van der Waals surface area contributed by atoms with Gasteiger partial charge in [-0.3, -0.25) is 4.79 Å². The van der Waals surface area contributed by atoms with E-state index < -0.39 is 30.5 Å². The highest BCUT2D eigenvalue weighted by Crippen LogP contribution is 2.13. The number of hydrogen-bond acceptors (Lipinski definition) is 4. The minimum absolute atomic E-state index is 0.133. The highest BCUT2D eigenvalue weighted by Gasteiger charge is 2.18. The van der Waals surface area contributed by atoms with Crippen molar-refractivity contribution < 1.29 is 29.3 Å². The molecule has 0 saturated carbocycles. The number of hydrogen-bond donors (Lipinski definition) is 3.